The number of rotatable bonds is 6. The van der Waals surface area contributed by atoms with Crippen LogP contribution in [0.3, 0.4) is 0 Å². The van der Waals surface area contributed by atoms with Crippen LogP contribution < -0.4 is 5.43 Å². The molecule has 0 bridgehead atoms. The highest BCUT2D eigenvalue weighted by atomic mass is 32.1. The zero-order chi connectivity index (χ0) is 18.0. The zero-order valence-electron chi connectivity index (χ0n) is 15.3. The van der Waals surface area contributed by atoms with Crippen molar-refractivity contribution in [1.82, 2.24) is 14.5 Å². The maximum Gasteiger partial charge on any atom is 0.158 e. The van der Waals surface area contributed by atoms with Gasteiger partial charge >= 0.3 is 0 Å². The van der Waals surface area contributed by atoms with Crippen molar-refractivity contribution in [2.24, 2.45) is 5.10 Å². The van der Waals surface area contributed by atoms with Gasteiger partial charge in [0.1, 0.15) is 11.2 Å². The Balaban J connectivity index is 1.83. The van der Waals surface area contributed by atoms with Crippen LogP contribution >= 0.6 is 11.3 Å². The lowest BCUT2D eigenvalue weighted by atomic mass is 10.2. The molecule has 0 unspecified atom stereocenters. The van der Waals surface area contributed by atoms with Crippen LogP contribution in [0.2, 0.25) is 0 Å². The topological polar surface area (TPSA) is 64.3 Å². The van der Waals surface area contributed by atoms with E-state index >= 15 is 0 Å². The molecule has 0 spiro atoms. The third-order valence-electron chi connectivity index (χ3n) is 4.47. The molecule has 132 valence electrons. The van der Waals surface area contributed by atoms with Gasteiger partial charge < -0.3 is 9.30 Å². The summed E-state index contributed by atoms with van der Waals surface area (Å²) in [4.78, 5) is 10.9. The number of hydrogen-bond acceptors (Lipinski definition) is 6. The number of anilines is 1. The molecule has 3 aromatic rings. The molecule has 6 nitrogen and oxygen atoms in total. The second kappa shape index (κ2) is 7.33. The second-order valence-corrected chi connectivity index (χ2v) is 7.23. The van der Waals surface area contributed by atoms with E-state index in [4.69, 9.17) is 4.74 Å². The number of hydrazone groups is 1. The molecule has 0 atom stereocenters. The standard InChI is InChI=1S/C18H23N5OS/c1-11-8-15(13(3)23(11)6-7-24-5)9-21-22-17-16-12(2)14(4)25-18(16)20-10-19-17/h8-10H,6-7H2,1-5H3,(H,19,20,22). The van der Waals surface area contributed by atoms with E-state index < -0.39 is 0 Å². The van der Waals surface area contributed by atoms with Gasteiger partial charge in [0, 0.05) is 35.5 Å². The van der Waals surface area contributed by atoms with Crippen molar-refractivity contribution in [3.63, 3.8) is 0 Å². The van der Waals surface area contributed by atoms with Gasteiger partial charge in [0.15, 0.2) is 5.82 Å². The minimum absolute atomic E-state index is 0.695. The maximum atomic E-state index is 5.18. The predicted molar refractivity (Wildman–Crippen MR) is 104 cm³/mol. The summed E-state index contributed by atoms with van der Waals surface area (Å²) in [5.74, 6) is 0.747. The van der Waals surface area contributed by atoms with Crippen LogP contribution in [0.15, 0.2) is 17.5 Å². The molecule has 3 aromatic heterocycles. The molecule has 25 heavy (non-hydrogen) atoms. The lowest BCUT2D eigenvalue weighted by Gasteiger charge is -2.08. The smallest absolute Gasteiger partial charge is 0.158 e. The first-order valence-electron chi connectivity index (χ1n) is 8.18. The second-order valence-electron chi connectivity index (χ2n) is 6.03. The van der Waals surface area contributed by atoms with Gasteiger partial charge in [0.2, 0.25) is 0 Å². The Labute approximate surface area is 151 Å². The van der Waals surface area contributed by atoms with E-state index in [0.717, 1.165) is 28.1 Å². The highest BCUT2D eigenvalue weighted by Crippen LogP contribution is 2.32. The lowest BCUT2D eigenvalue weighted by Crippen LogP contribution is -2.07. The summed E-state index contributed by atoms with van der Waals surface area (Å²) >= 11 is 1.68. The molecule has 0 fully saturated rings. The molecular formula is C18H23N5OS. The summed E-state index contributed by atoms with van der Waals surface area (Å²) < 4.78 is 7.41. The van der Waals surface area contributed by atoms with Crippen molar-refractivity contribution >= 4 is 33.6 Å². The number of aromatic nitrogens is 3. The van der Waals surface area contributed by atoms with Crippen LogP contribution in [0.1, 0.15) is 27.4 Å². The Morgan fingerprint density at radius 1 is 1.28 bits per heavy atom. The number of nitrogens with one attached hydrogen (secondary N) is 1. The molecule has 0 aromatic carbocycles. The van der Waals surface area contributed by atoms with Crippen LogP contribution in [0, 0.1) is 27.7 Å². The van der Waals surface area contributed by atoms with Gasteiger partial charge in [0.25, 0.3) is 0 Å². The van der Waals surface area contributed by atoms with Gasteiger partial charge in [-0.1, -0.05) is 0 Å². The molecule has 0 amide bonds. The third kappa shape index (κ3) is 3.43. The van der Waals surface area contributed by atoms with E-state index in [0.29, 0.717) is 6.61 Å². The normalized spacial score (nSPS) is 11.7. The molecule has 3 rings (SSSR count). The number of fused-ring (bicyclic) bond motifs is 1. The van der Waals surface area contributed by atoms with Gasteiger partial charge in [-0.15, -0.1) is 11.3 Å². The molecule has 0 saturated heterocycles. The van der Waals surface area contributed by atoms with E-state index in [9.17, 15) is 0 Å². The molecule has 0 aliphatic heterocycles. The Morgan fingerprint density at radius 3 is 2.84 bits per heavy atom. The third-order valence-corrected chi connectivity index (χ3v) is 5.59. The highest BCUT2D eigenvalue weighted by molar-refractivity contribution is 7.18. The summed E-state index contributed by atoms with van der Waals surface area (Å²) in [7, 11) is 1.72. The number of ether oxygens (including phenoxy) is 1. The molecule has 0 aliphatic carbocycles. The average Bonchev–Trinajstić information content (AvgIpc) is 3.03. The van der Waals surface area contributed by atoms with Crippen LogP contribution in [-0.4, -0.2) is 34.5 Å². The van der Waals surface area contributed by atoms with Crippen LogP contribution in [0.5, 0.6) is 0 Å². The summed E-state index contributed by atoms with van der Waals surface area (Å²) in [6, 6.07) is 2.13. The first kappa shape index (κ1) is 17.6. The predicted octanol–water partition coefficient (Wildman–Crippen LogP) is 3.82. The SMILES string of the molecule is COCCn1c(C)cc(C=NNc2ncnc3sc(C)c(C)c23)c1C. The lowest BCUT2D eigenvalue weighted by molar-refractivity contribution is 0.186. The summed E-state index contributed by atoms with van der Waals surface area (Å²) in [5, 5.41) is 5.45. The monoisotopic (exact) mass is 357 g/mol. The van der Waals surface area contributed by atoms with E-state index in [1.807, 2.05) is 6.21 Å². The van der Waals surface area contributed by atoms with Gasteiger partial charge in [-0.3, -0.25) is 5.43 Å². The van der Waals surface area contributed by atoms with E-state index in [2.05, 4.69) is 58.8 Å². The quantitative estimate of drug-likeness (QED) is 0.538. The van der Waals surface area contributed by atoms with Crippen LogP contribution in [0.4, 0.5) is 5.82 Å². The Bertz CT molecular complexity index is 925. The summed E-state index contributed by atoms with van der Waals surface area (Å²) in [6.07, 6.45) is 3.42. The van der Waals surface area contributed by atoms with E-state index in [-0.39, 0.29) is 0 Å². The van der Waals surface area contributed by atoms with Crippen LogP contribution in [0.25, 0.3) is 10.2 Å². The molecule has 3 heterocycles. The Kier molecular flexibility index (Phi) is 5.15. The number of methoxy groups -OCH3 is 1. The molecule has 7 heteroatoms. The van der Waals surface area contributed by atoms with Crippen molar-refractivity contribution in [1.29, 1.82) is 0 Å². The maximum absolute atomic E-state index is 5.18. The first-order valence-corrected chi connectivity index (χ1v) is 9.00. The fourth-order valence-corrected chi connectivity index (χ4v) is 3.91. The molecule has 0 saturated carbocycles. The molecule has 1 N–H and O–H groups in total. The Hall–Kier alpha value is -2.25. The van der Waals surface area contributed by atoms with Gasteiger partial charge in [-0.05, 0) is 39.3 Å². The van der Waals surface area contributed by atoms with Crippen molar-refractivity contribution in [2.45, 2.75) is 34.2 Å². The molecular weight excluding hydrogens is 334 g/mol. The number of aryl methyl sites for hydroxylation is 3. The zero-order valence-corrected chi connectivity index (χ0v) is 16.1. The fraction of sp³-hybridized carbons (Fsp3) is 0.389. The van der Waals surface area contributed by atoms with Gasteiger partial charge in [-0.25, -0.2) is 9.97 Å². The van der Waals surface area contributed by atoms with Gasteiger partial charge in [-0.2, -0.15) is 5.10 Å². The summed E-state index contributed by atoms with van der Waals surface area (Å²) in [5.41, 5.74) is 7.75. The van der Waals surface area contributed by atoms with Crippen molar-refractivity contribution in [3.05, 3.63) is 39.8 Å². The minimum atomic E-state index is 0.695. The number of hydrogen-bond donors (Lipinski definition) is 1. The van der Waals surface area contributed by atoms with Gasteiger partial charge in [0.05, 0.1) is 18.2 Å². The Morgan fingerprint density at radius 2 is 2.08 bits per heavy atom. The van der Waals surface area contributed by atoms with Crippen molar-refractivity contribution < 1.29 is 4.74 Å². The van der Waals surface area contributed by atoms with Crippen LogP contribution in [-0.2, 0) is 11.3 Å². The minimum Gasteiger partial charge on any atom is -0.383 e. The fourth-order valence-electron chi connectivity index (χ4n) is 2.92. The first-order chi connectivity index (χ1) is 12.0. The molecule has 0 radical (unpaired) electrons. The summed E-state index contributed by atoms with van der Waals surface area (Å²) in [6.45, 7) is 9.92. The molecule has 0 aliphatic rings. The number of thiophene rings is 1. The van der Waals surface area contributed by atoms with Crippen molar-refractivity contribution in [3.8, 4) is 0 Å². The largest absolute Gasteiger partial charge is 0.383 e. The van der Waals surface area contributed by atoms with E-state index in [1.165, 1.54) is 21.8 Å². The highest BCUT2D eigenvalue weighted by Gasteiger charge is 2.11. The number of nitrogens with zero attached hydrogens (tertiary/aromatic N) is 4. The average molecular weight is 357 g/mol. The van der Waals surface area contributed by atoms with Crippen molar-refractivity contribution in [2.75, 3.05) is 19.1 Å². The van der Waals surface area contributed by atoms with E-state index in [1.54, 1.807) is 24.8 Å².